The second-order valence-electron chi connectivity index (χ2n) is 12.9. The standard InChI is InChI=1S/C40H36N4O5S/c1-24-7-9-26(10-8-24)27-15-29-20-41-33-18-35(25(2)14-31(33)39(45)43(29)22-27)48-11-5-12-49-37-19-34-32(17-36(37)47-3)40(46)44-23-28(16-30(44)21-42-34)38-6-4-13-50-38/h4,6-10,13-14,17-23,29-30H,5,11-12,15-16H2,1-3H3/t29-,30-/m0/s1. The highest BCUT2D eigenvalue weighted by molar-refractivity contribution is 7.11. The molecule has 10 heteroatoms. The van der Waals surface area contributed by atoms with Crippen LogP contribution >= 0.6 is 11.3 Å². The summed E-state index contributed by atoms with van der Waals surface area (Å²) in [6.07, 6.45) is 9.65. The highest BCUT2D eigenvalue weighted by Gasteiger charge is 2.35. The van der Waals surface area contributed by atoms with Gasteiger partial charge >= 0.3 is 0 Å². The highest BCUT2D eigenvalue weighted by Crippen LogP contribution is 2.41. The number of thiophene rings is 1. The van der Waals surface area contributed by atoms with E-state index in [1.807, 2.05) is 55.3 Å². The number of carbonyl (C=O) groups is 2. The molecule has 0 N–H and O–H groups in total. The molecule has 0 aliphatic carbocycles. The lowest BCUT2D eigenvalue weighted by atomic mass is 10.0. The quantitative estimate of drug-likeness (QED) is 0.166. The minimum atomic E-state index is -0.134. The third kappa shape index (κ3) is 5.89. The second-order valence-corrected chi connectivity index (χ2v) is 13.8. The number of hydrogen-bond donors (Lipinski definition) is 0. The molecule has 2 atom stereocenters. The number of ether oxygens (including phenoxy) is 3. The predicted octanol–water partition coefficient (Wildman–Crippen LogP) is 8.16. The number of amides is 2. The van der Waals surface area contributed by atoms with Gasteiger partial charge < -0.3 is 24.0 Å². The van der Waals surface area contributed by atoms with Crippen molar-refractivity contribution < 1.29 is 23.8 Å². The fraction of sp³-hybridized carbons (Fsp3) is 0.250. The van der Waals surface area contributed by atoms with Gasteiger partial charge in [0.15, 0.2) is 11.5 Å². The molecule has 0 saturated carbocycles. The molecule has 0 bridgehead atoms. The maximum Gasteiger partial charge on any atom is 0.260 e. The molecule has 2 amide bonds. The summed E-state index contributed by atoms with van der Waals surface area (Å²) < 4.78 is 17.9. The van der Waals surface area contributed by atoms with Crippen LogP contribution in [0, 0.1) is 13.8 Å². The van der Waals surface area contributed by atoms with Crippen LogP contribution in [-0.4, -0.2) is 66.5 Å². The Balaban J connectivity index is 0.903. The van der Waals surface area contributed by atoms with Crippen molar-refractivity contribution in [3.05, 3.63) is 111 Å². The van der Waals surface area contributed by atoms with E-state index in [0.29, 0.717) is 59.4 Å². The van der Waals surface area contributed by atoms with Crippen molar-refractivity contribution in [2.45, 2.75) is 45.2 Å². The van der Waals surface area contributed by atoms with Crippen LogP contribution in [0.3, 0.4) is 0 Å². The number of aryl methyl sites for hydroxylation is 2. The van der Waals surface area contributed by atoms with Gasteiger partial charge in [-0.1, -0.05) is 35.9 Å². The van der Waals surface area contributed by atoms with Crippen LogP contribution in [-0.2, 0) is 0 Å². The first-order valence-electron chi connectivity index (χ1n) is 16.7. The zero-order chi connectivity index (χ0) is 34.4. The SMILES string of the molecule is COc1cc2c(cc1OCCCOc1cc3c(cc1C)C(=O)N1C=C(c4ccc(C)cc4)C[C@H]1C=N3)N=C[C@@H]1CC(c3cccs3)=CN1C2=O. The first-order valence-corrected chi connectivity index (χ1v) is 17.6. The number of nitrogens with zero attached hydrogens (tertiary/aromatic N) is 4. The summed E-state index contributed by atoms with van der Waals surface area (Å²) in [5, 5.41) is 2.04. The molecule has 1 aromatic heterocycles. The molecule has 50 heavy (non-hydrogen) atoms. The molecular weight excluding hydrogens is 649 g/mol. The normalized spacial score (nSPS) is 18.9. The van der Waals surface area contributed by atoms with E-state index in [1.54, 1.807) is 40.4 Å². The summed E-state index contributed by atoms with van der Waals surface area (Å²) in [7, 11) is 1.56. The summed E-state index contributed by atoms with van der Waals surface area (Å²) in [5.74, 6) is 1.49. The maximum absolute atomic E-state index is 13.6. The molecule has 3 aromatic carbocycles. The Morgan fingerprint density at radius 1 is 0.760 bits per heavy atom. The van der Waals surface area contributed by atoms with E-state index < -0.39 is 0 Å². The first-order chi connectivity index (χ1) is 24.4. The molecule has 4 aromatic rings. The van der Waals surface area contributed by atoms with Gasteiger partial charge in [0.05, 0.1) is 54.9 Å². The molecule has 0 spiro atoms. The average molecular weight is 685 g/mol. The fourth-order valence-electron chi connectivity index (χ4n) is 6.78. The number of aliphatic imine (C=N–C) groups is 2. The Morgan fingerprint density at radius 2 is 1.38 bits per heavy atom. The number of hydrogen-bond acceptors (Lipinski definition) is 8. The lowest BCUT2D eigenvalue weighted by Crippen LogP contribution is -2.32. The molecule has 9 nitrogen and oxygen atoms in total. The minimum absolute atomic E-state index is 0.0617. The molecule has 0 radical (unpaired) electrons. The molecule has 252 valence electrons. The van der Waals surface area contributed by atoms with Gasteiger partial charge in [-0.05, 0) is 59.7 Å². The van der Waals surface area contributed by atoms with Crippen molar-refractivity contribution in [1.82, 2.24) is 9.80 Å². The van der Waals surface area contributed by atoms with Gasteiger partial charge in [0.1, 0.15) is 5.75 Å². The van der Waals surface area contributed by atoms with Crippen molar-refractivity contribution >= 4 is 58.1 Å². The Labute approximate surface area is 294 Å². The van der Waals surface area contributed by atoms with Crippen molar-refractivity contribution in [3.8, 4) is 17.2 Å². The summed E-state index contributed by atoms with van der Waals surface area (Å²) in [6.45, 7) is 4.77. The van der Waals surface area contributed by atoms with Crippen LogP contribution in [0.2, 0.25) is 0 Å². The molecule has 0 fully saturated rings. The number of benzene rings is 3. The Bertz CT molecular complexity index is 2120. The van der Waals surface area contributed by atoms with E-state index in [2.05, 4.69) is 37.3 Å². The van der Waals surface area contributed by atoms with Crippen LogP contribution in [0.4, 0.5) is 11.4 Å². The monoisotopic (exact) mass is 684 g/mol. The first kappa shape index (κ1) is 31.8. The average Bonchev–Trinajstić information content (AvgIpc) is 3.88. The molecule has 0 saturated heterocycles. The molecule has 0 unspecified atom stereocenters. The predicted molar refractivity (Wildman–Crippen MR) is 197 cm³/mol. The van der Waals surface area contributed by atoms with Gasteiger partial charge in [0.2, 0.25) is 0 Å². The minimum Gasteiger partial charge on any atom is -0.493 e. The Hall–Kier alpha value is -5.48. The van der Waals surface area contributed by atoms with Crippen molar-refractivity contribution in [2.75, 3.05) is 20.3 Å². The number of carbonyl (C=O) groups excluding carboxylic acids is 2. The third-order valence-corrected chi connectivity index (χ3v) is 10.4. The van der Waals surface area contributed by atoms with E-state index in [1.165, 1.54) is 5.56 Å². The molecule has 5 heterocycles. The van der Waals surface area contributed by atoms with Gasteiger partial charge in [-0.25, -0.2) is 0 Å². The topological polar surface area (TPSA) is 93.0 Å². The van der Waals surface area contributed by atoms with Crippen molar-refractivity contribution in [1.29, 1.82) is 0 Å². The Kier molecular flexibility index (Phi) is 8.32. The van der Waals surface area contributed by atoms with E-state index in [0.717, 1.165) is 40.0 Å². The van der Waals surface area contributed by atoms with Gasteiger partial charge in [0, 0.05) is 61.1 Å². The molecule has 4 aliphatic heterocycles. The number of rotatable bonds is 9. The number of fused-ring (bicyclic) bond motifs is 4. The van der Waals surface area contributed by atoms with E-state index in [9.17, 15) is 9.59 Å². The van der Waals surface area contributed by atoms with Crippen LogP contribution in [0.5, 0.6) is 17.2 Å². The summed E-state index contributed by atoms with van der Waals surface area (Å²) in [4.78, 5) is 41.4. The molecule has 8 rings (SSSR count). The third-order valence-electron chi connectivity index (χ3n) is 9.50. The maximum atomic E-state index is 13.6. The second kappa shape index (κ2) is 13.1. The van der Waals surface area contributed by atoms with Gasteiger partial charge in [-0.2, -0.15) is 0 Å². The van der Waals surface area contributed by atoms with E-state index in [-0.39, 0.29) is 23.9 Å². The zero-order valence-corrected chi connectivity index (χ0v) is 28.9. The van der Waals surface area contributed by atoms with Crippen molar-refractivity contribution in [3.63, 3.8) is 0 Å². The largest absolute Gasteiger partial charge is 0.493 e. The van der Waals surface area contributed by atoms with Crippen LogP contribution < -0.4 is 14.2 Å². The van der Waals surface area contributed by atoms with Crippen molar-refractivity contribution in [2.24, 2.45) is 9.98 Å². The van der Waals surface area contributed by atoms with Gasteiger partial charge in [0.25, 0.3) is 11.8 Å². The van der Waals surface area contributed by atoms with Gasteiger partial charge in [-0.15, -0.1) is 11.3 Å². The number of methoxy groups -OCH3 is 1. The van der Waals surface area contributed by atoms with Crippen LogP contribution in [0.25, 0.3) is 11.1 Å². The van der Waals surface area contributed by atoms with E-state index in [4.69, 9.17) is 24.2 Å². The van der Waals surface area contributed by atoms with Crippen LogP contribution in [0.15, 0.2) is 88.4 Å². The Morgan fingerprint density at radius 3 is 2.04 bits per heavy atom. The highest BCUT2D eigenvalue weighted by atomic mass is 32.1. The molecular formula is C40H36N4O5S. The summed E-state index contributed by atoms with van der Waals surface area (Å²) in [5.41, 5.74) is 7.66. The van der Waals surface area contributed by atoms with Gasteiger partial charge in [-0.3, -0.25) is 19.6 Å². The summed E-state index contributed by atoms with van der Waals surface area (Å²) >= 11 is 1.67. The lowest BCUT2D eigenvalue weighted by Gasteiger charge is -2.19. The smallest absolute Gasteiger partial charge is 0.260 e. The lowest BCUT2D eigenvalue weighted by molar-refractivity contribution is 0.0809. The van der Waals surface area contributed by atoms with Crippen LogP contribution in [0.1, 0.15) is 61.5 Å². The van der Waals surface area contributed by atoms with E-state index >= 15 is 0 Å². The fourth-order valence-corrected chi connectivity index (χ4v) is 7.53. The summed E-state index contributed by atoms with van der Waals surface area (Å²) in [6, 6.07) is 19.4. The molecule has 4 aliphatic rings. The zero-order valence-electron chi connectivity index (χ0n) is 28.1.